The van der Waals surface area contributed by atoms with E-state index in [1.165, 1.54) is 25.7 Å². The Bertz CT molecular complexity index is 183. The van der Waals surface area contributed by atoms with E-state index in [9.17, 15) is 0 Å². The van der Waals surface area contributed by atoms with E-state index < -0.39 is 0 Å². The largest absolute Gasteiger partial charge is 0.300 e. The summed E-state index contributed by atoms with van der Waals surface area (Å²) in [6.07, 6.45) is 7.88. The third-order valence-electron chi connectivity index (χ3n) is 3.28. The molecule has 2 rings (SSSR count). The lowest BCUT2D eigenvalue weighted by molar-refractivity contribution is 0.247. The fourth-order valence-corrected chi connectivity index (χ4v) is 2.41. The number of rotatable bonds is 0. The highest BCUT2D eigenvalue weighted by Gasteiger charge is 2.31. The van der Waals surface area contributed by atoms with Crippen LogP contribution in [0, 0.1) is 0 Å². The molecule has 2 unspecified atom stereocenters. The van der Waals surface area contributed by atoms with Crippen molar-refractivity contribution < 1.29 is 0 Å². The molecule has 0 spiro atoms. The van der Waals surface area contributed by atoms with Crippen molar-refractivity contribution in [1.82, 2.24) is 4.90 Å². The third-order valence-corrected chi connectivity index (χ3v) is 3.28. The van der Waals surface area contributed by atoms with Crippen molar-refractivity contribution in [2.45, 2.75) is 44.7 Å². The number of fused-ring (bicyclic) bond motifs is 2. The van der Waals surface area contributed by atoms with E-state index in [0.717, 1.165) is 12.1 Å². The molecule has 1 fully saturated rings. The van der Waals surface area contributed by atoms with E-state index in [1.807, 2.05) is 0 Å². The maximum Gasteiger partial charge on any atom is 0.0133 e. The topological polar surface area (TPSA) is 3.24 Å². The monoisotopic (exact) mass is 151 g/mol. The molecule has 0 N–H and O–H groups in total. The van der Waals surface area contributed by atoms with Crippen LogP contribution in [-0.4, -0.2) is 24.0 Å². The molecule has 1 heteroatoms. The highest BCUT2D eigenvalue weighted by molar-refractivity contribution is 5.08. The minimum Gasteiger partial charge on any atom is -0.300 e. The molecule has 2 atom stereocenters. The van der Waals surface area contributed by atoms with Gasteiger partial charge in [0.2, 0.25) is 0 Å². The molecule has 0 aromatic carbocycles. The van der Waals surface area contributed by atoms with Crippen LogP contribution in [0.3, 0.4) is 0 Å². The normalized spacial score (nSPS) is 38.5. The van der Waals surface area contributed by atoms with E-state index in [1.54, 1.807) is 5.57 Å². The van der Waals surface area contributed by atoms with Crippen molar-refractivity contribution in [2.24, 2.45) is 0 Å². The Balaban J connectivity index is 2.17. The molecule has 11 heavy (non-hydrogen) atoms. The van der Waals surface area contributed by atoms with Gasteiger partial charge in [-0.05, 0) is 39.7 Å². The summed E-state index contributed by atoms with van der Waals surface area (Å²) < 4.78 is 0. The summed E-state index contributed by atoms with van der Waals surface area (Å²) in [5.41, 5.74) is 1.60. The fraction of sp³-hybridized carbons (Fsp3) is 0.800. The summed E-state index contributed by atoms with van der Waals surface area (Å²) in [5, 5.41) is 0. The predicted octanol–water partition coefficient (Wildman–Crippen LogP) is 2.19. The second-order valence-corrected chi connectivity index (χ2v) is 4.04. The van der Waals surface area contributed by atoms with Crippen molar-refractivity contribution in [3.05, 3.63) is 11.6 Å². The Morgan fingerprint density at radius 3 is 2.91 bits per heavy atom. The van der Waals surface area contributed by atoms with Crippen LogP contribution in [-0.2, 0) is 0 Å². The van der Waals surface area contributed by atoms with E-state index in [4.69, 9.17) is 0 Å². The second-order valence-electron chi connectivity index (χ2n) is 4.04. The predicted molar refractivity (Wildman–Crippen MR) is 47.6 cm³/mol. The van der Waals surface area contributed by atoms with E-state index in [2.05, 4.69) is 24.9 Å². The Hall–Kier alpha value is -0.300. The van der Waals surface area contributed by atoms with Crippen molar-refractivity contribution in [3.63, 3.8) is 0 Å². The fourth-order valence-electron chi connectivity index (χ4n) is 2.41. The number of hydrogen-bond acceptors (Lipinski definition) is 1. The van der Waals surface area contributed by atoms with Gasteiger partial charge in [-0.1, -0.05) is 11.6 Å². The molecule has 0 amide bonds. The zero-order chi connectivity index (χ0) is 7.84. The molecule has 0 radical (unpaired) electrons. The molecule has 0 aliphatic carbocycles. The van der Waals surface area contributed by atoms with Crippen LogP contribution in [0.2, 0.25) is 0 Å². The van der Waals surface area contributed by atoms with E-state index >= 15 is 0 Å². The van der Waals surface area contributed by atoms with Crippen molar-refractivity contribution >= 4 is 0 Å². The van der Waals surface area contributed by atoms with Crippen LogP contribution in [0.15, 0.2) is 11.6 Å². The van der Waals surface area contributed by atoms with Crippen LogP contribution in [0.1, 0.15) is 32.6 Å². The molecule has 0 aromatic heterocycles. The maximum atomic E-state index is 2.58. The lowest BCUT2D eigenvalue weighted by atomic mass is 10.0. The highest BCUT2D eigenvalue weighted by Crippen LogP contribution is 2.31. The first kappa shape index (κ1) is 7.35. The smallest absolute Gasteiger partial charge is 0.0133 e. The van der Waals surface area contributed by atoms with Crippen LogP contribution < -0.4 is 0 Å². The van der Waals surface area contributed by atoms with Gasteiger partial charge in [-0.2, -0.15) is 0 Å². The molecule has 2 aliphatic heterocycles. The zero-order valence-corrected chi connectivity index (χ0v) is 7.51. The third kappa shape index (κ3) is 1.22. The Morgan fingerprint density at radius 1 is 1.36 bits per heavy atom. The number of nitrogens with zero attached hydrogens (tertiary/aromatic N) is 1. The first-order valence-corrected chi connectivity index (χ1v) is 4.65. The van der Waals surface area contributed by atoms with Gasteiger partial charge in [-0.15, -0.1) is 0 Å². The Morgan fingerprint density at radius 2 is 2.09 bits per heavy atom. The van der Waals surface area contributed by atoms with E-state index in [0.29, 0.717) is 0 Å². The Labute approximate surface area is 69.1 Å². The van der Waals surface area contributed by atoms with Gasteiger partial charge in [0.05, 0.1) is 0 Å². The molecule has 1 nitrogen and oxygen atoms in total. The van der Waals surface area contributed by atoms with Crippen LogP contribution >= 0.6 is 0 Å². The number of hydrogen-bond donors (Lipinski definition) is 0. The van der Waals surface area contributed by atoms with Gasteiger partial charge in [-0.25, -0.2) is 0 Å². The van der Waals surface area contributed by atoms with Crippen molar-refractivity contribution in [3.8, 4) is 0 Å². The van der Waals surface area contributed by atoms with Gasteiger partial charge < -0.3 is 0 Å². The maximum absolute atomic E-state index is 2.58. The van der Waals surface area contributed by atoms with Crippen LogP contribution in [0.4, 0.5) is 0 Å². The average Bonchev–Trinajstić information content (AvgIpc) is 2.20. The van der Waals surface area contributed by atoms with E-state index in [-0.39, 0.29) is 0 Å². The van der Waals surface area contributed by atoms with Gasteiger partial charge >= 0.3 is 0 Å². The average molecular weight is 151 g/mol. The van der Waals surface area contributed by atoms with Crippen LogP contribution in [0.5, 0.6) is 0 Å². The summed E-state index contributed by atoms with van der Waals surface area (Å²) in [6, 6.07) is 1.72. The first-order valence-electron chi connectivity index (χ1n) is 4.65. The first-order chi connectivity index (χ1) is 5.27. The van der Waals surface area contributed by atoms with Crippen molar-refractivity contribution in [2.75, 3.05) is 7.05 Å². The van der Waals surface area contributed by atoms with Gasteiger partial charge in [-0.3, -0.25) is 4.90 Å². The lowest BCUT2D eigenvalue weighted by Gasteiger charge is -2.22. The molecule has 0 aromatic rings. The standard InChI is InChI=1S/C10H17N/c1-8-3-4-9-5-6-10(7-8)11(9)2/h3,9-10H,4-7H2,1-2H3. The van der Waals surface area contributed by atoms with Crippen LogP contribution in [0.25, 0.3) is 0 Å². The Kier molecular flexibility index (Phi) is 1.76. The van der Waals surface area contributed by atoms with Crippen molar-refractivity contribution in [1.29, 1.82) is 0 Å². The molecular weight excluding hydrogens is 134 g/mol. The lowest BCUT2D eigenvalue weighted by Crippen LogP contribution is -2.30. The summed E-state index contributed by atoms with van der Waals surface area (Å²) in [7, 11) is 2.29. The van der Waals surface area contributed by atoms with Gasteiger partial charge in [0.15, 0.2) is 0 Å². The SMILES string of the molecule is CC1=CCC2CCC(C1)N2C. The molecule has 2 bridgehead atoms. The molecule has 1 saturated heterocycles. The second kappa shape index (κ2) is 2.63. The molecule has 2 heterocycles. The molecular formula is C10H17N. The highest BCUT2D eigenvalue weighted by atomic mass is 15.2. The quantitative estimate of drug-likeness (QED) is 0.480. The summed E-state index contributed by atoms with van der Waals surface area (Å²) in [4.78, 5) is 2.58. The van der Waals surface area contributed by atoms with Gasteiger partial charge in [0.1, 0.15) is 0 Å². The van der Waals surface area contributed by atoms with Gasteiger partial charge in [0.25, 0.3) is 0 Å². The molecule has 0 saturated carbocycles. The summed E-state index contributed by atoms with van der Waals surface area (Å²) in [5.74, 6) is 0. The zero-order valence-electron chi connectivity index (χ0n) is 7.51. The minimum absolute atomic E-state index is 0.859. The molecule has 62 valence electrons. The summed E-state index contributed by atoms with van der Waals surface area (Å²) >= 11 is 0. The summed E-state index contributed by atoms with van der Waals surface area (Å²) in [6.45, 7) is 2.27. The minimum atomic E-state index is 0.859. The van der Waals surface area contributed by atoms with Gasteiger partial charge in [0, 0.05) is 12.1 Å². The molecule has 2 aliphatic rings.